The molecule has 0 bridgehead atoms. The molecule has 1 aromatic carbocycles. The summed E-state index contributed by atoms with van der Waals surface area (Å²) in [6.45, 7) is 4.59. The lowest BCUT2D eigenvalue weighted by molar-refractivity contribution is -0.144. The molecular formula is C18H17FN2O5S. The van der Waals surface area contributed by atoms with E-state index in [1.165, 1.54) is 12.1 Å². The Kier molecular flexibility index (Phi) is 4.97. The van der Waals surface area contributed by atoms with Gasteiger partial charge >= 0.3 is 23.8 Å². The first-order valence-electron chi connectivity index (χ1n) is 8.33. The maximum atomic E-state index is 14.4. The second kappa shape index (κ2) is 7.07. The summed E-state index contributed by atoms with van der Waals surface area (Å²) in [6, 6.07) is 3.08. The van der Waals surface area contributed by atoms with Crippen molar-refractivity contribution in [3.8, 4) is 0 Å². The molecule has 1 fully saturated rings. The number of benzene rings is 1. The predicted octanol–water partition coefficient (Wildman–Crippen LogP) is 2.92. The van der Waals surface area contributed by atoms with Crippen molar-refractivity contribution >= 4 is 45.2 Å². The number of hydrogen-bond acceptors (Lipinski definition) is 6. The number of fused-ring (bicyclic) bond motifs is 1. The zero-order valence-electron chi connectivity index (χ0n) is 14.9. The molecule has 2 aromatic rings. The van der Waals surface area contributed by atoms with Gasteiger partial charge in [-0.15, -0.1) is 11.3 Å². The lowest BCUT2D eigenvalue weighted by Gasteiger charge is -2.18. The standard InChI is InChI=1S/C18H17FN2O5S/c1-4-26-17(24)14-10(13-11(19)6-5-7-12(13)27-14)8-20-15(22)16(23)21(9(2)3)18(20)25/h5-7,9H,4,8H2,1-3H3. The minimum atomic E-state index is -1.00. The molecule has 0 aliphatic carbocycles. The first kappa shape index (κ1) is 19.0. The number of halogens is 1. The van der Waals surface area contributed by atoms with Crippen LogP contribution in [0.4, 0.5) is 9.18 Å². The number of amides is 4. The fourth-order valence-electron chi connectivity index (χ4n) is 2.95. The molecule has 0 atom stereocenters. The number of ether oxygens (including phenoxy) is 1. The van der Waals surface area contributed by atoms with Gasteiger partial charge < -0.3 is 4.74 Å². The Morgan fingerprint density at radius 3 is 2.52 bits per heavy atom. The Bertz CT molecular complexity index is 968. The number of hydrogen-bond donors (Lipinski definition) is 0. The molecule has 4 amide bonds. The molecule has 2 heterocycles. The van der Waals surface area contributed by atoms with Crippen molar-refractivity contribution in [3.05, 3.63) is 34.5 Å². The Hall–Kier alpha value is -2.81. The van der Waals surface area contributed by atoms with Gasteiger partial charge in [0.1, 0.15) is 10.7 Å². The average Bonchev–Trinajstić information content (AvgIpc) is 3.07. The van der Waals surface area contributed by atoms with Crippen molar-refractivity contribution in [2.75, 3.05) is 6.61 Å². The van der Waals surface area contributed by atoms with Gasteiger partial charge in [-0.3, -0.25) is 19.4 Å². The van der Waals surface area contributed by atoms with Crippen LogP contribution in [0, 0.1) is 5.82 Å². The molecule has 27 heavy (non-hydrogen) atoms. The van der Waals surface area contributed by atoms with E-state index in [0.717, 1.165) is 21.1 Å². The maximum absolute atomic E-state index is 14.4. The van der Waals surface area contributed by atoms with E-state index >= 15 is 0 Å². The topological polar surface area (TPSA) is 84.0 Å². The quantitative estimate of drug-likeness (QED) is 0.444. The summed E-state index contributed by atoms with van der Waals surface area (Å²) in [4.78, 5) is 50.9. The highest BCUT2D eigenvalue weighted by atomic mass is 32.1. The predicted molar refractivity (Wildman–Crippen MR) is 95.7 cm³/mol. The SMILES string of the molecule is CCOC(=O)c1sc2cccc(F)c2c1CN1C(=O)C(=O)N(C(C)C)C1=O. The fraction of sp³-hybridized carbons (Fsp3) is 0.333. The molecule has 9 heteroatoms. The molecule has 1 aromatic heterocycles. The van der Waals surface area contributed by atoms with Gasteiger partial charge in [-0.1, -0.05) is 6.07 Å². The molecule has 1 saturated heterocycles. The van der Waals surface area contributed by atoms with E-state index in [0.29, 0.717) is 4.70 Å². The average molecular weight is 392 g/mol. The molecule has 0 saturated carbocycles. The van der Waals surface area contributed by atoms with Crippen molar-refractivity contribution in [1.82, 2.24) is 9.80 Å². The van der Waals surface area contributed by atoms with Gasteiger partial charge in [-0.25, -0.2) is 14.0 Å². The highest BCUT2D eigenvalue weighted by Gasteiger charge is 2.46. The Balaban J connectivity index is 2.10. The van der Waals surface area contributed by atoms with Crippen LogP contribution in [0.15, 0.2) is 18.2 Å². The van der Waals surface area contributed by atoms with E-state index in [4.69, 9.17) is 4.74 Å². The second-order valence-corrected chi connectivity index (χ2v) is 7.24. The molecule has 1 aliphatic rings. The van der Waals surface area contributed by atoms with E-state index in [2.05, 4.69) is 0 Å². The van der Waals surface area contributed by atoms with Gasteiger partial charge in [0, 0.05) is 21.7 Å². The van der Waals surface area contributed by atoms with E-state index in [1.807, 2.05) is 0 Å². The summed E-state index contributed by atoms with van der Waals surface area (Å²) >= 11 is 1.02. The normalized spacial score (nSPS) is 14.8. The zero-order chi connectivity index (χ0) is 19.9. The van der Waals surface area contributed by atoms with E-state index in [1.54, 1.807) is 26.8 Å². The van der Waals surface area contributed by atoms with Crippen molar-refractivity contribution < 1.29 is 28.3 Å². The highest BCUT2D eigenvalue weighted by Crippen LogP contribution is 2.35. The van der Waals surface area contributed by atoms with E-state index in [9.17, 15) is 23.6 Å². The van der Waals surface area contributed by atoms with Crippen LogP contribution in [0.5, 0.6) is 0 Å². The van der Waals surface area contributed by atoms with E-state index < -0.39 is 35.7 Å². The molecule has 0 N–H and O–H groups in total. The Morgan fingerprint density at radius 2 is 1.93 bits per heavy atom. The Labute approximate surface area is 158 Å². The minimum Gasteiger partial charge on any atom is -0.462 e. The molecule has 1 aliphatic heterocycles. The summed E-state index contributed by atoms with van der Waals surface area (Å²) in [7, 11) is 0. The van der Waals surface area contributed by atoms with Crippen LogP contribution in [0.3, 0.4) is 0 Å². The van der Waals surface area contributed by atoms with Crippen LogP contribution in [0.25, 0.3) is 10.1 Å². The monoisotopic (exact) mass is 392 g/mol. The molecule has 0 unspecified atom stereocenters. The fourth-order valence-corrected chi connectivity index (χ4v) is 4.08. The number of imide groups is 2. The third-order valence-corrected chi connectivity index (χ3v) is 5.32. The van der Waals surface area contributed by atoms with Crippen LogP contribution in [-0.4, -0.2) is 46.3 Å². The second-order valence-electron chi connectivity index (χ2n) is 6.19. The lowest BCUT2D eigenvalue weighted by atomic mass is 10.1. The molecule has 142 valence electrons. The van der Waals surface area contributed by atoms with Crippen molar-refractivity contribution in [2.24, 2.45) is 0 Å². The number of rotatable bonds is 5. The van der Waals surface area contributed by atoms with Gasteiger partial charge in [0.25, 0.3) is 0 Å². The Morgan fingerprint density at radius 1 is 1.22 bits per heavy atom. The van der Waals surface area contributed by atoms with Gasteiger partial charge in [0.15, 0.2) is 0 Å². The number of carbonyl (C=O) groups excluding carboxylic acids is 4. The van der Waals surface area contributed by atoms with Crippen LogP contribution >= 0.6 is 11.3 Å². The molecule has 0 spiro atoms. The smallest absolute Gasteiger partial charge is 0.348 e. The van der Waals surface area contributed by atoms with Gasteiger partial charge in [-0.05, 0) is 32.9 Å². The van der Waals surface area contributed by atoms with Crippen molar-refractivity contribution in [1.29, 1.82) is 0 Å². The summed E-state index contributed by atoms with van der Waals surface area (Å²) in [5.41, 5.74) is 0.159. The van der Waals surface area contributed by atoms with E-state index in [-0.39, 0.29) is 29.0 Å². The number of nitrogens with zero attached hydrogens (tertiary/aromatic N) is 2. The van der Waals surface area contributed by atoms with Gasteiger partial charge in [-0.2, -0.15) is 0 Å². The van der Waals surface area contributed by atoms with Gasteiger partial charge in [0.2, 0.25) is 0 Å². The molecular weight excluding hydrogens is 375 g/mol. The largest absolute Gasteiger partial charge is 0.462 e. The molecule has 0 radical (unpaired) electrons. The van der Waals surface area contributed by atoms with Crippen molar-refractivity contribution in [3.63, 3.8) is 0 Å². The first-order valence-corrected chi connectivity index (χ1v) is 9.15. The van der Waals surface area contributed by atoms with Crippen LogP contribution < -0.4 is 0 Å². The summed E-state index contributed by atoms with van der Waals surface area (Å²) in [6.07, 6.45) is 0. The minimum absolute atomic E-state index is 0.105. The highest BCUT2D eigenvalue weighted by molar-refractivity contribution is 7.21. The third kappa shape index (κ3) is 3.08. The number of carbonyl (C=O) groups is 4. The number of thiophene rings is 1. The maximum Gasteiger partial charge on any atom is 0.348 e. The van der Waals surface area contributed by atoms with Crippen LogP contribution in [-0.2, 0) is 20.9 Å². The van der Waals surface area contributed by atoms with Gasteiger partial charge in [0.05, 0.1) is 13.2 Å². The molecule has 7 nitrogen and oxygen atoms in total. The van der Waals surface area contributed by atoms with Crippen molar-refractivity contribution in [2.45, 2.75) is 33.4 Å². The third-order valence-electron chi connectivity index (χ3n) is 4.14. The first-order chi connectivity index (χ1) is 12.8. The number of esters is 1. The number of urea groups is 1. The van der Waals surface area contributed by atoms with Crippen LogP contribution in [0.2, 0.25) is 0 Å². The zero-order valence-corrected chi connectivity index (χ0v) is 15.8. The summed E-state index contributed by atoms with van der Waals surface area (Å²) in [5.74, 6) is -3.19. The summed E-state index contributed by atoms with van der Waals surface area (Å²) < 4.78 is 20.0. The molecule has 3 rings (SSSR count). The van der Waals surface area contributed by atoms with Crippen LogP contribution in [0.1, 0.15) is 36.0 Å². The summed E-state index contributed by atoms with van der Waals surface area (Å²) in [5, 5.41) is 0.140. The lowest BCUT2D eigenvalue weighted by Crippen LogP contribution is -2.38.